The van der Waals surface area contributed by atoms with Gasteiger partial charge in [-0.2, -0.15) is 0 Å². The van der Waals surface area contributed by atoms with Crippen molar-refractivity contribution in [2.45, 2.75) is 54.4 Å². The summed E-state index contributed by atoms with van der Waals surface area (Å²) < 4.78 is 0. The minimum Gasteiger partial charge on any atom is -0.0917 e. The maximum Gasteiger partial charge on any atom is -0.0379 e. The Morgan fingerprint density at radius 2 is 1.40 bits per heavy atom. The minimum absolute atomic E-state index is 0. The molecule has 0 radical (unpaired) electrons. The van der Waals surface area contributed by atoms with E-state index < -0.39 is 0 Å². The molecule has 0 heterocycles. The van der Waals surface area contributed by atoms with Crippen LogP contribution in [0.1, 0.15) is 54.4 Å². The summed E-state index contributed by atoms with van der Waals surface area (Å²) in [6.45, 7) is 8.52. The zero-order chi connectivity index (χ0) is 7.54. The van der Waals surface area contributed by atoms with Crippen molar-refractivity contribution < 1.29 is 0 Å². The first-order valence-corrected chi connectivity index (χ1v) is 3.94. The third-order valence-electron chi connectivity index (χ3n) is 0.971. The molecular formula is C10H24. The predicted molar refractivity (Wildman–Crippen MR) is 52.4 cm³/mol. The first-order chi connectivity index (χ1) is 4.33. The summed E-state index contributed by atoms with van der Waals surface area (Å²) in [4.78, 5) is 0. The Kier molecular flexibility index (Phi) is 38.2. The molecule has 0 saturated heterocycles. The summed E-state index contributed by atoms with van der Waals surface area (Å²) in [7, 11) is 0. The molecule has 0 rings (SSSR count). The first-order valence-electron chi connectivity index (χ1n) is 3.94. The van der Waals surface area contributed by atoms with Crippen molar-refractivity contribution in [1.82, 2.24) is 0 Å². The van der Waals surface area contributed by atoms with Crippen LogP contribution in [0.4, 0.5) is 0 Å². The Bertz CT molecular complexity index is 42.0. The summed E-state index contributed by atoms with van der Waals surface area (Å²) >= 11 is 0. The standard InChI is InChI=1S/C5H10.C4H10.CH4/c1-3-5-4-2;1-3-4-2;/h3,5H,4H2,1-2H3;3-4H2,1-2H3;1H4/b5-3-;;. The third-order valence-corrected chi connectivity index (χ3v) is 0.971. The predicted octanol–water partition coefficient (Wildman–Crippen LogP) is 4.42. The van der Waals surface area contributed by atoms with Crippen LogP contribution in [0.25, 0.3) is 0 Å². The first kappa shape index (κ1) is 16.4. The van der Waals surface area contributed by atoms with Gasteiger partial charge in [0.25, 0.3) is 0 Å². The van der Waals surface area contributed by atoms with Gasteiger partial charge in [0, 0.05) is 0 Å². The summed E-state index contributed by atoms with van der Waals surface area (Å²) in [5.74, 6) is 0. The molecule has 0 amide bonds. The van der Waals surface area contributed by atoms with Gasteiger partial charge in [-0.25, -0.2) is 0 Å². The fourth-order valence-electron chi connectivity index (χ4n) is 0.236. The van der Waals surface area contributed by atoms with E-state index in [9.17, 15) is 0 Å². The van der Waals surface area contributed by atoms with Gasteiger partial charge in [0.15, 0.2) is 0 Å². The van der Waals surface area contributed by atoms with Crippen LogP contribution in [-0.2, 0) is 0 Å². The molecule has 0 aliphatic carbocycles. The van der Waals surface area contributed by atoms with E-state index in [1.807, 2.05) is 6.92 Å². The van der Waals surface area contributed by atoms with E-state index in [1.165, 1.54) is 12.8 Å². The van der Waals surface area contributed by atoms with Crippen LogP contribution < -0.4 is 0 Å². The Hall–Kier alpha value is -0.260. The molecule has 0 aliphatic rings. The van der Waals surface area contributed by atoms with E-state index in [2.05, 4.69) is 32.9 Å². The third kappa shape index (κ3) is 46.8. The molecule has 0 nitrogen and oxygen atoms in total. The summed E-state index contributed by atoms with van der Waals surface area (Å²) in [6.07, 6.45) is 7.98. The molecular weight excluding hydrogens is 120 g/mol. The van der Waals surface area contributed by atoms with Crippen LogP contribution in [0.5, 0.6) is 0 Å². The van der Waals surface area contributed by atoms with Gasteiger partial charge in [-0.05, 0) is 13.3 Å². The molecule has 0 aromatic heterocycles. The SMILES string of the molecule is C.C/C=C\CC.CCCC. The van der Waals surface area contributed by atoms with Gasteiger partial charge in [0.2, 0.25) is 0 Å². The van der Waals surface area contributed by atoms with Crippen molar-refractivity contribution >= 4 is 0 Å². The highest BCUT2D eigenvalue weighted by atomic mass is 13.6. The lowest BCUT2D eigenvalue weighted by Crippen LogP contribution is -1.47. The van der Waals surface area contributed by atoms with E-state index in [1.54, 1.807) is 0 Å². The summed E-state index contributed by atoms with van der Waals surface area (Å²) in [6, 6.07) is 0. The highest BCUT2D eigenvalue weighted by Crippen LogP contribution is 1.76. The van der Waals surface area contributed by atoms with Gasteiger partial charge in [0.1, 0.15) is 0 Å². The lowest BCUT2D eigenvalue weighted by atomic mass is 10.4. The molecule has 0 bridgehead atoms. The molecule has 10 heavy (non-hydrogen) atoms. The maximum absolute atomic E-state index is 2.18. The van der Waals surface area contributed by atoms with Crippen LogP contribution in [-0.4, -0.2) is 0 Å². The van der Waals surface area contributed by atoms with Gasteiger partial charge in [-0.3, -0.25) is 0 Å². The van der Waals surface area contributed by atoms with Gasteiger partial charge in [-0.1, -0.05) is 53.2 Å². The molecule has 0 saturated carbocycles. The molecule has 0 atom stereocenters. The van der Waals surface area contributed by atoms with Crippen LogP contribution in [0, 0.1) is 0 Å². The van der Waals surface area contributed by atoms with Crippen LogP contribution in [0.3, 0.4) is 0 Å². The molecule has 0 aromatic rings. The van der Waals surface area contributed by atoms with E-state index in [0.717, 1.165) is 6.42 Å². The van der Waals surface area contributed by atoms with E-state index in [0.29, 0.717) is 0 Å². The fourth-order valence-corrected chi connectivity index (χ4v) is 0.236. The Labute approximate surface area is 67.3 Å². The molecule has 0 aromatic carbocycles. The molecule has 0 unspecified atom stereocenters. The van der Waals surface area contributed by atoms with E-state index >= 15 is 0 Å². The quantitative estimate of drug-likeness (QED) is 0.503. The maximum atomic E-state index is 2.18. The van der Waals surface area contributed by atoms with E-state index in [4.69, 9.17) is 0 Å². The molecule has 0 N–H and O–H groups in total. The Balaban J connectivity index is -0.0000000910. The lowest BCUT2D eigenvalue weighted by molar-refractivity contribution is 0.886. The topological polar surface area (TPSA) is 0 Å². The highest BCUT2D eigenvalue weighted by molar-refractivity contribution is 4.73. The Morgan fingerprint density at radius 1 is 1.00 bits per heavy atom. The van der Waals surface area contributed by atoms with Gasteiger partial charge >= 0.3 is 0 Å². The van der Waals surface area contributed by atoms with Crippen molar-refractivity contribution in [3.05, 3.63) is 12.2 Å². The molecule has 0 fully saturated rings. The van der Waals surface area contributed by atoms with Crippen LogP contribution in [0.2, 0.25) is 0 Å². The van der Waals surface area contributed by atoms with Gasteiger partial charge in [0.05, 0.1) is 0 Å². The number of rotatable bonds is 2. The number of hydrogen-bond acceptors (Lipinski definition) is 0. The second-order valence-corrected chi connectivity index (χ2v) is 1.98. The second kappa shape index (κ2) is 23.3. The average Bonchev–Trinajstić information content (AvgIpc) is 1.91. The zero-order valence-electron chi connectivity index (χ0n) is 7.28. The minimum atomic E-state index is 0. The van der Waals surface area contributed by atoms with Crippen molar-refractivity contribution in [3.8, 4) is 0 Å². The second-order valence-electron chi connectivity index (χ2n) is 1.98. The monoisotopic (exact) mass is 144 g/mol. The van der Waals surface area contributed by atoms with E-state index in [-0.39, 0.29) is 7.43 Å². The summed E-state index contributed by atoms with van der Waals surface area (Å²) in [5, 5.41) is 0. The average molecular weight is 144 g/mol. The fraction of sp³-hybridized carbons (Fsp3) is 0.800. The molecule has 0 spiro atoms. The van der Waals surface area contributed by atoms with Crippen LogP contribution in [0.15, 0.2) is 12.2 Å². The zero-order valence-corrected chi connectivity index (χ0v) is 7.28. The van der Waals surface area contributed by atoms with Crippen molar-refractivity contribution in [2.75, 3.05) is 0 Å². The van der Waals surface area contributed by atoms with Crippen molar-refractivity contribution in [1.29, 1.82) is 0 Å². The molecule has 0 aliphatic heterocycles. The van der Waals surface area contributed by atoms with Crippen LogP contribution >= 0.6 is 0 Å². The normalized spacial score (nSPS) is 8.00. The van der Waals surface area contributed by atoms with Gasteiger partial charge in [-0.15, -0.1) is 0 Å². The van der Waals surface area contributed by atoms with Gasteiger partial charge < -0.3 is 0 Å². The highest BCUT2D eigenvalue weighted by Gasteiger charge is 1.56. The number of unbranched alkanes of at least 4 members (excludes halogenated alkanes) is 1. The number of hydrogen-bond donors (Lipinski definition) is 0. The smallest absolute Gasteiger partial charge is 0.0379 e. The number of allylic oxidation sites excluding steroid dienone is 2. The summed E-state index contributed by atoms with van der Waals surface area (Å²) in [5.41, 5.74) is 0. The Morgan fingerprint density at radius 3 is 1.40 bits per heavy atom. The largest absolute Gasteiger partial charge is 0.0917 e. The molecule has 64 valence electrons. The lowest BCUT2D eigenvalue weighted by Gasteiger charge is -1.68. The molecule has 0 heteroatoms. The van der Waals surface area contributed by atoms with Crippen molar-refractivity contribution in [2.24, 2.45) is 0 Å². The van der Waals surface area contributed by atoms with Crippen molar-refractivity contribution in [3.63, 3.8) is 0 Å².